The number of ether oxygens (including phenoxy) is 3. The first-order valence-electron chi connectivity index (χ1n) is 24.4. The van der Waals surface area contributed by atoms with Crippen LogP contribution in [-0.4, -0.2) is 120 Å². The maximum Gasteiger partial charge on any atom is 0.251 e. The fourth-order valence-electron chi connectivity index (χ4n) is 8.33. The van der Waals surface area contributed by atoms with Gasteiger partial charge in [0.15, 0.2) is 0 Å². The Morgan fingerprint density at radius 1 is 0.814 bits per heavy atom. The number of carbonyl (C=O) groups excluding carboxylic acids is 4. The topological polar surface area (TPSA) is 211 Å². The van der Waals surface area contributed by atoms with E-state index in [2.05, 4.69) is 50.4 Å². The summed E-state index contributed by atoms with van der Waals surface area (Å²) in [6, 6.07) is 15.0. The molecule has 3 amide bonds. The lowest BCUT2D eigenvalue weighted by atomic mass is 9.83. The summed E-state index contributed by atoms with van der Waals surface area (Å²) >= 11 is 2.92. The van der Waals surface area contributed by atoms with Gasteiger partial charge >= 0.3 is 0 Å². The van der Waals surface area contributed by atoms with Crippen LogP contribution in [0.1, 0.15) is 109 Å². The lowest BCUT2D eigenvalue weighted by Gasteiger charge is -2.35. The molecule has 2 aliphatic rings. The van der Waals surface area contributed by atoms with Gasteiger partial charge in [-0.15, -0.1) is 22.7 Å². The van der Waals surface area contributed by atoms with E-state index in [1.54, 1.807) is 61.9 Å². The Kier molecular flexibility index (Phi) is 19.6. The summed E-state index contributed by atoms with van der Waals surface area (Å²) in [5.41, 5.74) is 3.11. The summed E-state index contributed by atoms with van der Waals surface area (Å²) in [4.78, 5) is 73.7. The Morgan fingerprint density at radius 2 is 1.60 bits per heavy atom. The Bertz CT molecular complexity index is 2480. The van der Waals surface area contributed by atoms with Crippen LogP contribution in [0.4, 0.5) is 11.8 Å². The van der Waals surface area contributed by atoms with Gasteiger partial charge in [-0.1, -0.05) is 57.4 Å². The van der Waals surface area contributed by atoms with Crippen molar-refractivity contribution in [2.45, 2.75) is 90.4 Å². The zero-order chi connectivity index (χ0) is 49.2. The highest BCUT2D eigenvalue weighted by Gasteiger charge is 2.40. The minimum absolute atomic E-state index is 0.0622. The zero-order valence-electron chi connectivity index (χ0n) is 40.5. The number of thiazole rings is 2. The summed E-state index contributed by atoms with van der Waals surface area (Å²) < 4.78 is 17.2. The van der Waals surface area contributed by atoms with Gasteiger partial charge in [0.1, 0.15) is 39.9 Å². The van der Waals surface area contributed by atoms with E-state index >= 15 is 0 Å². The predicted molar refractivity (Wildman–Crippen MR) is 272 cm³/mol. The molecule has 0 radical (unpaired) electrons. The molecular formula is C51H66N10O7S2. The van der Waals surface area contributed by atoms with Crippen LogP contribution in [0.3, 0.4) is 0 Å². The quantitative estimate of drug-likeness (QED) is 0.0275. The van der Waals surface area contributed by atoms with Crippen molar-refractivity contribution in [3.8, 4) is 16.3 Å². The number of benzene rings is 2. The second kappa shape index (κ2) is 26.4. The molecule has 1 aliphatic heterocycles. The van der Waals surface area contributed by atoms with Crippen molar-refractivity contribution < 1.29 is 33.4 Å². The minimum Gasteiger partial charge on any atom is -0.491 e. The SMILES string of the molecule is CNC(C)C(=O)NC(C(=O)N1CCCC1c1nc(C(=O)c2cccc(OCCOCCOCCNC(=O)c3ccc(-c4nc(CNc5nccc(NCC(C)C)n5)cs4)cc3)c2)cs1)C1CCCCC1. The molecule has 4 heterocycles. The molecule has 19 heteroatoms. The molecule has 374 valence electrons. The number of hydrogen-bond donors (Lipinski definition) is 5. The number of hydrogen-bond acceptors (Lipinski definition) is 16. The smallest absolute Gasteiger partial charge is 0.251 e. The van der Waals surface area contributed by atoms with Crippen LogP contribution in [0, 0.1) is 11.8 Å². The van der Waals surface area contributed by atoms with E-state index in [0.717, 1.165) is 78.6 Å². The fourth-order valence-corrected chi connectivity index (χ4v) is 10.1. The third-order valence-electron chi connectivity index (χ3n) is 12.3. The second-order valence-electron chi connectivity index (χ2n) is 18.0. The van der Waals surface area contributed by atoms with E-state index in [-0.39, 0.29) is 42.1 Å². The van der Waals surface area contributed by atoms with Gasteiger partial charge in [-0.05, 0) is 81.8 Å². The van der Waals surface area contributed by atoms with E-state index in [4.69, 9.17) is 24.2 Å². The van der Waals surface area contributed by atoms with Crippen LogP contribution < -0.4 is 31.3 Å². The number of aromatic nitrogens is 4. The molecule has 1 saturated heterocycles. The van der Waals surface area contributed by atoms with Gasteiger partial charge in [-0.25, -0.2) is 15.0 Å². The molecule has 7 rings (SSSR count). The highest BCUT2D eigenvalue weighted by atomic mass is 32.1. The predicted octanol–water partition coefficient (Wildman–Crippen LogP) is 7.15. The number of likely N-dealkylation sites (tertiary alicyclic amines) is 1. The molecule has 70 heavy (non-hydrogen) atoms. The molecule has 1 aliphatic carbocycles. The first-order chi connectivity index (χ1) is 34.1. The van der Waals surface area contributed by atoms with Gasteiger partial charge in [0.25, 0.3) is 5.91 Å². The standard InChI is InChI=1S/C51H66N10O7S2/c1-33(2)29-55-43-19-20-54-51(59-43)56-30-39-31-69-48(57-39)37-17-15-36(16-18-37)47(64)53-21-23-66-24-25-67-26-27-68-40-13-8-12-38(28-40)45(62)41-32-70-49(58-41)42-14-9-22-61(42)50(65)44(35-10-6-5-7-11-35)60-46(63)34(3)52-4/h8,12-13,15-20,28,31-35,42,44,52H,5-7,9-11,14,21-27,29-30H2,1-4H3,(H,53,64)(H,60,63)(H2,54,55,56,59). The average Bonchev–Trinajstić information content (AvgIpc) is 4.20. The molecule has 2 fully saturated rings. The third-order valence-corrected chi connectivity index (χ3v) is 14.2. The summed E-state index contributed by atoms with van der Waals surface area (Å²) in [5.74, 6) is 1.79. The summed E-state index contributed by atoms with van der Waals surface area (Å²) in [6.45, 7) is 9.96. The monoisotopic (exact) mass is 994 g/mol. The molecule has 17 nitrogen and oxygen atoms in total. The van der Waals surface area contributed by atoms with Crippen molar-refractivity contribution >= 4 is 57.9 Å². The Labute approximate surface area is 418 Å². The molecule has 0 spiro atoms. The van der Waals surface area contributed by atoms with Crippen molar-refractivity contribution in [3.05, 3.63) is 99.1 Å². The van der Waals surface area contributed by atoms with Gasteiger partial charge in [0.2, 0.25) is 23.5 Å². The average molecular weight is 995 g/mol. The number of likely N-dealkylation sites (N-methyl/N-ethyl adjacent to an activating group) is 1. The first-order valence-corrected chi connectivity index (χ1v) is 26.1. The van der Waals surface area contributed by atoms with Crippen molar-refractivity contribution in [1.82, 2.24) is 40.8 Å². The summed E-state index contributed by atoms with van der Waals surface area (Å²) in [5, 5.41) is 20.8. The summed E-state index contributed by atoms with van der Waals surface area (Å²) in [6.07, 6.45) is 8.37. The lowest BCUT2D eigenvalue weighted by Crippen LogP contribution is -2.55. The first kappa shape index (κ1) is 52.0. The number of ketones is 1. The normalized spacial score (nSPS) is 15.9. The van der Waals surface area contributed by atoms with E-state index < -0.39 is 12.1 Å². The van der Waals surface area contributed by atoms with E-state index in [1.165, 1.54) is 22.7 Å². The van der Waals surface area contributed by atoms with Crippen molar-refractivity contribution in [2.75, 3.05) is 70.3 Å². The van der Waals surface area contributed by atoms with E-state index in [9.17, 15) is 19.2 Å². The van der Waals surface area contributed by atoms with Gasteiger partial charge in [0.05, 0.1) is 50.7 Å². The van der Waals surface area contributed by atoms with Gasteiger partial charge in [-0.3, -0.25) is 19.2 Å². The molecule has 0 bridgehead atoms. The molecule has 5 N–H and O–H groups in total. The molecule has 1 saturated carbocycles. The van der Waals surface area contributed by atoms with Crippen LogP contribution in [0.5, 0.6) is 5.75 Å². The molecule has 3 unspecified atom stereocenters. The van der Waals surface area contributed by atoms with Crippen molar-refractivity contribution in [1.29, 1.82) is 0 Å². The van der Waals surface area contributed by atoms with Crippen LogP contribution in [0.25, 0.3) is 10.6 Å². The highest BCUT2D eigenvalue weighted by molar-refractivity contribution is 7.13. The Hall–Kier alpha value is -5.86. The van der Waals surface area contributed by atoms with Crippen LogP contribution >= 0.6 is 22.7 Å². The van der Waals surface area contributed by atoms with Gasteiger partial charge in [-0.2, -0.15) is 4.98 Å². The lowest BCUT2D eigenvalue weighted by molar-refractivity contribution is -0.139. The largest absolute Gasteiger partial charge is 0.491 e. The molecular weight excluding hydrogens is 929 g/mol. The maximum atomic E-state index is 14.2. The molecule has 2 aromatic carbocycles. The van der Waals surface area contributed by atoms with Crippen LogP contribution in [-0.2, 0) is 25.6 Å². The van der Waals surface area contributed by atoms with Crippen molar-refractivity contribution in [3.63, 3.8) is 0 Å². The summed E-state index contributed by atoms with van der Waals surface area (Å²) in [7, 11) is 1.73. The number of amides is 3. The van der Waals surface area contributed by atoms with E-state index in [0.29, 0.717) is 80.5 Å². The van der Waals surface area contributed by atoms with Gasteiger partial charge in [0, 0.05) is 53.3 Å². The maximum absolute atomic E-state index is 14.2. The third kappa shape index (κ3) is 14.8. The fraction of sp³-hybridized carbons (Fsp3) is 0.490. The number of carbonyl (C=O) groups is 4. The zero-order valence-corrected chi connectivity index (χ0v) is 42.2. The van der Waals surface area contributed by atoms with Crippen LogP contribution in [0.15, 0.2) is 71.6 Å². The van der Waals surface area contributed by atoms with E-state index in [1.807, 2.05) is 28.5 Å². The minimum atomic E-state index is -0.584. The Balaban J connectivity index is 0.773. The molecule has 3 aromatic heterocycles. The van der Waals surface area contributed by atoms with Gasteiger partial charge < -0.3 is 45.7 Å². The second-order valence-corrected chi connectivity index (χ2v) is 19.7. The molecule has 3 atom stereocenters. The van der Waals surface area contributed by atoms with Crippen LogP contribution in [0.2, 0.25) is 0 Å². The molecule has 5 aromatic rings. The Morgan fingerprint density at radius 3 is 2.39 bits per heavy atom. The van der Waals surface area contributed by atoms with Crippen molar-refractivity contribution in [2.24, 2.45) is 11.8 Å². The highest BCUT2D eigenvalue weighted by Crippen LogP contribution is 2.37. The number of anilines is 2. The number of nitrogens with zero attached hydrogens (tertiary/aromatic N) is 5. The number of nitrogens with one attached hydrogen (secondary N) is 5. The number of rotatable bonds is 26.